The van der Waals surface area contributed by atoms with Crippen LogP contribution in [0.3, 0.4) is 0 Å². The summed E-state index contributed by atoms with van der Waals surface area (Å²) in [6.45, 7) is 2.95. The molecule has 0 saturated heterocycles. The molecule has 0 aliphatic heterocycles. The Labute approximate surface area is 128 Å². The highest BCUT2D eigenvalue weighted by atomic mass is 16.1. The van der Waals surface area contributed by atoms with Gasteiger partial charge in [-0.2, -0.15) is 0 Å². The number of rotatable bonds is 7. The van der Waals surface area contributed by atoms with Gasteiger partial charge < -0.3 is 5.32 Å². The smallest absolute Gasteiger partial charge is 0.220 e. The van der Waals surface area contributed by atoms with Crippen LogP contribution in [-0.4, -0.2) is 12.5 Å². The van der Waals surface area contributed by atoms with E-state index in [2.05, 4.69) is 42.6 Å². The zero-order chi connectivity index (χ0) is 14.9. The molecule has 0 aromatic heterocycles. The average Bonchev–Trinajstić information content (AvgIpc) is 2.54. The van der Waals surface area contributed by atoms with Crippen molar-refractivity contribution >= 4 is 5.91 Å². The minimum Gasteiger partial charge on any atom is -0.356 e. The molecule has 1 aromatic rings. The molecule has 114 valence electrons. The molecule has 2 heteroatoms. The van der Waals surface area contributed by atoms with E-state index in [0.29, 0.717) is 6.42 Å². The van der Waals surface area contributed by atoms with Crippen molar-refractivity contribution in [2.45, 2.75) is 58.3 Å². The highest BCUT2D eigenvalue weighted by Gasteiger charge is 2.05. The van der Waals surface area contributed by atoms with Crippen LogP contribution in [0.2, 0.25) is 0 Å². The second kappa shape index (κ2) is 8.66. The summed E-state index contributed by atoms with van der Waals surface area (Å²) < 4.78 is 0. The van der Waals surface area contributed by atoms with Crippen molar-refractivity contribution in [3.8, 4) is 0 Å². The molecule has 0 bridgehead atoms. The van der Waals surface area contributed by atoms with E-state index in [4.69, 9.17) is 0 Å². The molecule has 21 heavy (non-hydrogen) atoms. The molecule has 0 unspecified atom stereocenters. The largest absolute Gasteiger partial charge is 0.356 e. The number of aryl methyl sites for hydroxylation is 2. The van der Waals surface area contributed by atoms with E-state index < -0.39 is 0 Å². The summed E-state index contributed by atoms with van der Waals surface area (Å²) in [7, 11) is 0. The normalized spacial score (nSPS) is 14.6. The van der Waals surface area contributed by atoms with Crippen LogP contribution in [0, 0.1) is 0 Å². The Morgan fingerprint density at radius 2 is 1.86 bits per heavy atom. The van der Waals surface area contributed by atoms with Crippen LogP contribution in [0.4, 0.5) is 0 Å². The van der Waals surface area contributed by atoms with Crippen LogP contribution in [0.25, 0.3) is 0 Å². The van der Waals surface area contributed by atoms with Gasteiger partial charge in [0.2, 0.25) is 5.91 Å². The zero-order valence-electron chi connectivity index (χ0n) is 13.2. The van der Waals surface area contributed by atoms with E-state index in [1.165, 1.54) is 42.4 Å². The highest BCUT2D eigenvalue weighted by Crippen LogP contribution is 2.19. The van der Waals surface area contributed by atoms with Gasteiger partial charge in [0.1, 0.15) is 0 Å². The van der Waals surface area contributed by atoms with Gasteiger partial charge in [-0.15, -0.1) is 0 Å². The number of carbonyl (C=O) groups excluding carboxylic acids is 1. The minimum absolute atomic E-state index is 0.172. The molecule has 0 atom stereocenters. The summed E-state index contributed by atoms with van der Waals surface area (Å²) in [5.74, 6) is 0.172. The Balaban J connectivity index is 1.63. The van der Waals surface area contributed by atoms with Crippen molar-refractivity contribution in [1.29, 1.82) is 0 Å². The third-order valence-electron chi connectivity index (χ3n) is 4.23. The standard InChI is InChI=1S/C19H27NO/c1-2-16-8-10-18(11-9-16)12-13-19(21)20-15-14-17-6-4-3-5-7-17/h6,8-11H,2-5,7,12-15H2,1H3,(H,20,21). The first-order valence-corrected chi connectivity index (χ1v) is 8.30. The SMILES string of the molecule is CCc1ccc(CCC(=O)NCCC2=CCCCC2)cc1. The second-order valence-electron chi connectivity index (χ2n) is 5.88. The van der Waals surface area contributed by atoms with Gasteiger partial charge in [0, 0.05) is 13.0 Å². The van der Waals surface area contributed by atoms with Crippen molar-refractivity contribution in [3.63, 3.8) is 0 Å². The summed E-state index contributed by atoms with van der Waals surface area (Å²) in [4.78, 5) is 11.9. The first-order valence-electron chi connectivity index (χ1n) is 8.30. The summed E-state index contributed by atoms with van der Waals surface area (Å²) in [5, 5.41) is 3.04. The van der Waals surface area contributed by atoms with Crippen LogP contribution in [0.1, 0.15) is 56.6 Å². The third-order valence-corrected chi connectivity index (χ3v) is 4.23. The van der Waals surface area contributed by atoms with Crippen LogP contribution < -0.4 is 5.32 Å². The molecule has 1 N–H and O–H groups in total. The van der Waals surface area contributed by atoms with Crippen molar-refractivity contribution < 1.29 is 4.79 Å². The molecule has 0 fully saturated rings. The molecule has 1 aliphatic carbocycles. The molecule has 0 heterocycles. The van der Waals surface area contributed by atoms with E-state index in [0.717, 1.165) is 25.8 Å². The van der Waals surface area contributed by atoms with Crippen LogP contribution in [-0.2, 0) is 17.6 Å². The molecule has 2 nitrogen and oxygen atoms in total. The van der Waals surface area contributed by atoms with E-state index >= 15 is 0 Å². The lowest BCUT2D eigenvalue weighted by Gasteiger charge is -2.13. The van der Waals surface area contributed by atoms with Crippen molar-refractivity contribution in [2.75, 3.05) is 6.54 Å². The number of carbonyl (C=O) groups is 1. The van der Waals surface area contributed by atoms with E-state index in [9.17, 15) is 4.79 Å². The summed E-state index contributed by atoms with van der Waals surface area (Å²) in [6, 6.07) is 8.59. The summed E-state index contributed by atoms with van der Waals surface area (Å²) in [6.07, 6.45) is 10.9. The topological polar surface area (TPSA) is 29.1 Å². The monoisotopic (exact) mass is 285 g/mol. The Bertz CT molecular complexity index is 473. The van der Waals surface area contributed by atoms with Crippen LogP contribution >= 0.6 is 0 Å². The third kappa shape index (κ3) is 5.74. The maximum Gasteiger partial charge on any atom is 0.220 e. The van der Waals surface area contributed by atoms with Crippen molar-refractivity contribution in [2.24, 2.45) is 0 Å². The fourth-order valence-corrected chi connectivity index (χ4v) is 2.78. The van der Waals surface area contributed by atoms with Gasteiger partial charge in [-0.05, 0) is 56.1 Å². The number of nitrogens with one attached hydrogen (secondary N) is 1. The maximum absolute atomic E-state index is 11.9. The Kier molecular flexibility index (Phi) is 6.52. The average molecular weight is 285 g/mol. The molecule has 0 radical (unpaired) electrons. The van der Waals surface area contributed by atoms with Crippen LogP contribution in [0.15, 0.2) is 35.9 Å². The number of hydrogen-bond donors (Lipinski definition) is 1. The number of allylic oxidation sites excluding steroid dienone is 1. The number of amides is 1. The zero-order valence-corrected chi connectivity index (χ0v) is 13.2. The molecule has 1 aliphatic rings. The van der Waals surface area contributed by atoms with Gasteiger partial charge in [-0.3, -0.25) is 4.79 Å². The fraction of sp³-hybridized carbons (Fsp3) is 0.526. The minimum atomic E-state index is 0.172. The molecule has 0 spiro atoms. The quantitative estimate of drug-likeness (QED) is 0.748. The molecular formula is C19H27NO. The molecule has 2 rings (SSSR count). The second-order valence-corrected chi connectivity index (χ2v) is 5.88. The van der Waals surface area contributed by atoms with E-state index in [-0.39, 0.29) is 5.91 Å². The molecule has 1 aromatic carbocycles. The first-order chi connectivity index (χ1) is 10.3. The Morgan fingerprint density at radius 3 is 2.52 bits per heavy atom. The van der Waals surface area contributed by atoms with Gasteiger partial charge in [-0.25, -0.2) is 0 Å². The van der Waals surface area contributed by atoms with Gasteiger partial charge in [0.05, 0.1) is 0 Å². The highest BCUT2D eigenvalue weighted by molar-refractivity contribution is 5.76. The predicted molar refractivity (Wildman–Crippen MR) is 88.3 cm³/mol. The number of hydrogen-bond acceptors (Lipinski definition) is 1. The predicted octanol–water partition coefficient (Wildman–Crippen LogP) is 4.19. The first kappa shape index (κ1) is 15.8. The van der Waals surface area contributed by atoms with Gasteiger partial charge in [0.15, 0.2) is 0 Å². The number of benzene rings is 1. The van der Waals surface area contributed by atoms with E-state index in [1.807, 2.05) is 0 Å². The van der Waals surface area contributed by atoms with Gasteiger partial charge in [0.25, 0.3) is 0 Å². The summed E-state index contributed by atoms with van der Waals surface area (Å²) >= 11 is 0. The Hall–Kier alpha value is -1.57. The van der Waals surface area contributed by atoms with E-state index in [1.54, 1.807) is 0 Å². The summed E-state index contributed by atoms with van der Waals surface area (Å²) in [5.41, 5.74) is 4.12. The van der Waals surface area contributed by atoms with Gasteiger partial charge in [-0.1, -0.05) is 42.8 Å². The van der Waals surface area contributed by atoms with Crippen LogP contribution in [0.5, 0.6) is 0 Å². The lowest BCUT2D eigenvalue weighted by atomic mass is 9.97. The molecular weight excluding hydrogens is 258 g/mol. The Morgan fingerprint density at radius 1 is 1.10 bits per heavy atom. The lowest BCUT2D eigenvalue weighted by Crippen LogP contribution is -2.25. The lowest BCUT2D eigenvalue weighted by molar-refractivity contribution is -0.121. The van der Waals surface area contributed by atoms with Crippen molar-refractivity contribution in [1.82, 2.24) is 5.32 Å². The van der Waals surface area contributed by atoms with Gasteiger partial charge >= 0.3 is 0 Å². The van der Waals surface area contributed by atoms with Crippen molar-refractivity contribution in [3.05, 3.63) is 47.0 Å². The molecule has 1 amide bonds. The molecule has 0 saturated carbocycles. The fourth-order valence-electron chi connectivity index (χ4n) is 2.78. The maximum atomic E-state index is 11.9.